The van der Waals surface area contributed by atoms with Gasteiger partial charge in [-0.25, -0.2) is 0 Å². The minimum atomic E-state index is 0.587. The van der Waals surface area contributed by atoms with Crippen molar-refractivity contribution in [3.8, 4) is 0 Å². The monoisotopic (exact) mass is 276 g/mol. The minimum absolute atomic E-state index is 0.587. The predicted octanol–water partition coefficient (Wildman–Crippen LogP) is 6.05. The van der Waals surface area contributed by atoms with E-state index in [0.29, 0.717) is 11.8 Å². The van der Waals surface area contributed by atoms with E-state index in [1.54, 1.807) is 5.57 Å². The molecular weight excluding hydrogens is 252 g/mol. The van der Waals surface area contributed by atoms with Gasteiger partial charge in [0, 0.05) is 5.92 Å². The van der Waals surface area contributed by atoms with E-state index in [-0.39, 0.29) is 0 Å². The molecule has 0 saturated carbocycles. The van der Waals surface area contributed by atoms with Gasteiger partial charge in [-0.1, -0.05) is 80.1 Å². The fourth-order valence-corrected chi connectivity index (χ4v) is 3.15. The van der Waals surface area contributed by atoms with Crippen molar-refractivity contribution in [3.63, 3.8) is 0 Å². The smallest absolute Gasteiger partial charge is 0.00179 e. The standard InChI is InChI=1S/C21H24/c1-16(2)18-10-6-12-20(14-18)21-13-7-11-19(15-21)17-8-4-3-5-9-17/h3-6,8,10,12-17H,7,9,11H2,1-2H3. The molecule has 0 heteroatoms. The van der Waals surface area contributed by atoms with Gasteiger partial charge in [0.15, 0.2) is 0 Å². The third kappa shape index (κ3) is 3.26. The van der Waals surface area contributed by atoms with Gasteiger partial charge in [-0.15, -0.1) is 0 Å². The van der Waals surface area contributed by atoms with Crippen LogP contribution in [0.25, 0.3) is 5.57 Å². The van der Waals surface area contributed by atoms with Crippen LogP contribution in [0.1, 0.15) is 50.2 Å². The summed E-state index contributed by atoms with van der Waals surface area (Å²) in [6, 6.07) is 9.02. The Labute approximate surface area is 128 Å². The highest BCUT2D eigenvalue weighted by atomic mass is 14.2. The van der Waals surface area contributed by atoms with E-state index < -0.39 is 0 Å². The molecule has 1 aromatic carbocycles. The molecule has 0 aliphatic heterocycles. The average Bonchev–Trinajstić information content (AvgIpc) is 2.56. The molecule has 0 N–H and O–H groups in total. The zero-order valence-corrected chi connectivity index (χ0v) is 13.0. The van der Waals surface area contributed by atoms with Gasteiger partial charge in [0.05, 0.1) is 0 Å². The molecule has 0 nitrogen and oxygen atoms in total. The maximum absolute atomic E-state index is 2.43. The Morgan fingerprint density at radius 2 is 2.05 bits per heavy atom. The van der Waals surface area contributed by atoms with E-state index in [9.17, 15) is 0 Å². The van der Waals surface area contributed by atoms with Crippen LogP contribution in [0.3, 0.4) is 0 Å². The van der Waals surface area contributed by atoms with E-state index >= 15 is 0 Å². The van der Waals surface area contributed by atoms with Gasteiger partial charge < -0.3 is 0 Å². The summed E-state index contributed by atoms with van der Waals surface area (Å²) < 4.78 is 0. The second kappa shape index (κ2) is 6.30. The molecule has 1 unspecified atom stereocenters. The summed E-state index contributed by atoms with van der Waals surface area (Å²) in [6.45, 7) is 4.52. The average molecular weight is 276 g/mol. The molecule has 0 aromatic heterocycles. The van der Waals surface area contributed by atoms with E-state index in [4.69, 9.17) is 0 Å². The van der Waals surface area contributed by atoms with Gasteiger partial charge in [0.2, 0.25) is 0 Å². The van der Waals surface area contributed by atoms with E-state index in [1.165, 1.54) is 29.5 Å². The molecule has 1 atom stereocenters. The summed E-state index contributed by atoms with van der Waals surface area (Å²) in [6.07, 6.45) is 17.3. The number of hydrogen-bond acceptors (Lipinski definition) is 0. The Morgan fingerprint density at radius 1 is 1.14 bits per heavy atom. The lowest BCUT2D eigenvalue weighted by Gasteiger charge is -2.21. The Balaban J connectivity index is 1.87. The summed E-state index contributed by atoms with van der Waals surface area (Å²) in [5.74, 6) is 1.19. The molecule has 0 amide bonds. The lowest BCUT2D eigenvalue weighted by Crippen LogP contribution is -2.05. The van der Waals surface area contributed by atoms with Crippen molar-refractivity contribution < 1.29 is 0 Å². The molecule has 0 bridgehead atoms. The van der Waals surface area contributed by atoms with Crippen LogP contribution in [-0.4, -0.2) is 0 Å². The number of allylic oxidation sites excluding steroid dienone is 8. The Morgan fingerprint density at radius 3 is 2.81 bits per heavy atom. The topological polar surface area (TPSA) is 0 Å². The van der Waals surface area contributed by atoms with Crippen molar-refractivity contribution in [1.82, 2.24) is 0 Å². The van der Waals surface area contributed by atoms with Crippen molar-refractivity contribution >= 4 is 5.57 Å². The Bertz CT molecular complexity index is 623. The van der Waals surface area contributed by atoms with E-state index in [0.717, 1.165) is 6.42 Å². The third-order valence-electron chi connectivity index (χ3n) is 4.48. The first-order chi connectivity index (χ1) is 10.2. The molecule has 0 radical (unpaired) electrons. The summed E-state index contributed by atoms with van der Waals surface area (Å²) in [5.41, 5.74) is 5.79. The van der Waals surface area contributed by atoms with Gasteiger partial charge in [0.1, 0.15) is 0 Å². The number of rotatable bonds is 3. The van der Waals surface area contributed by atoms with E-state index in [1.807, 2.05) is 0 Å². The van der Waals surface area contributed by atoms with Crippen LogP contribution in [-0.2, 0) is 0 Å². The van der Waals surface area contributed by atoms with Crippen LogP contribution in [0.5, 0.6) is 0 Å². The van der Waals surface area contributed by atoms with Crippen molar-refractivity contribution in [2.75, 3.05) is 0 Å². The van der Waals surface area contributed by atoms with Crippen LogP contribution in [0.4, 0.5) is 0 Å². The van der Waals surface area contributed by atoms with Gasteiger partial charge in [-0.2, -0.15) is 0 Å². The zero-order chi connectivity index (χ0) is 14.7. The Hall–Kier alpha value is -1.82. The highest BCUT2D eigenvalue weighted by Gasteiger charge is 2.15. The lowest BCUT2D eigenvalue weighted by atomic mass is 9.84. The van der Waals surface area contributed by atoms with Gasteiger partial charge >= 0.3 is 0 Å². The molecular formula is C21H24. The van der Waals surface area contributed by atoms with Crippen molar-refractivity contribution in [2.24, 2.45) is 5.92 Å². The van der Waals surface area contributed by atoms with Gasteiger partial charge in [0.25, 0.3) is 0 Å². The molecule has 3 rings (SSSR count). The largest absolute Gasteiger partial charge is 0.0836 e. The van der Waals surface area contributed by atoms with Crippen LogP contribution >= 0.6 is 0 Å². The number of hydrogen-bond donors (Lipinski definition) is 0. The highest BCUT2D eigenvalue weighted by Crippen LogP contribution is 2.33. The first kappa shape index (κ1) is 14.1. The maximum atomic E-state index is 2.43. The molecule has 2 aliphatic carbocycles. The number of benzene rings is 1. The highest BCUT2D eigenvalue weighted by molar-refractivity contribution is 5.76. The maximum Gasteiger partial charge on any atom is 0.00179 e. The fraction of sp³-hybridized carbons (Fsp3) is 0.333. The quantitative estimate of drug-likeness (QED) is 0.630. The molecule has 2 aliphatic rings. The molecule has 0 saturated heterocycles. The summed E-state index contributed by atoms with van der Waals surface area (Å²) in [5, 5.41) is 0. The molecule has 0 heterocycles. The molecule has 0 fully saturated rings. The first-order valence-electron chi connectivity index (χ1n) is 8.08. The SMILES string of the molecule is CC(C)c1cccc(C2=CCCC(C3C=CC=CC3)=C2)c1. The zero-order valence-electron chi connectivity index (χ0n) is 13.0. The molecule has 21 heavy (non-hydrogen) atoms. The summed E-state index contributed by atoms with van der Waals surface area (Å²) >= 11 is 0. The fourth-order valence-electron chi connectivity index (χ4n) is 3.15. The van der Waals surface area contributed by atoms with Gasteiger partial charge in [-0.05, 0) is 41.9 Å². The van der Waals surface area contributed by atoms with Crippen molar-refractivity contribution in [2.45, 2.75) is 39.0 Å². The van der Waals surface area contributed by atoms with Crippen molar-refractivity contribution in [1.29, 1.82) is 0 Å². The Kier molecular flexibility index (Phi) is 4.24. The summed E-state index contributed by atoms with van der Waals surface area (Å²) in [4.78, 5) is 0. The summed E-state index contributed by atoms with van der Waals surface area (Å²) in [7, 11) is 0. The first-order valence-corrected chi connectivity index (χ1v) is 8.08. The van der Waals surface area contributed by atoms with Crippen LogP contribution in [0, 0.1) is 5.92 Å². The second-order valence-electron chi connectivity index (χ2n) is 6.35. The third-order valence-corrected chi connectivity index (χ3v) is 4.48. The molecule has 108 valence electrons. The van der Waals surface area contributed by atoms with Gasteiger partial charge in [-0.3, -0.25) is 0 Å². The second-order valence-corrected chi connectivity index (χ2v) is 6.35. The van der Waals surface area contributed by atoms with E-state index in [2.05, 4.69) is 74.6 Å². The normalized spacial score (nSPS) is 21.4. The van der Waals surface area contributed by atoms with Crippen LogP contribution in [0.2, 0.25) is 0 Å². The van der Waals surface area contributed by atoms with Crippen LogP contribution in [0.15, 0.2) is 66.3 Å². The molecule has 0 spiro atoms. The van der Waals surface area contributed by atoms with Crippen LogP contribution < -0.4 is 0 Å². The lowest BCUT2D eigenvalue weighted by molar-refractivity contribution is 0.713. The minimum Gasteiger partial charge on any atom is -0.0836 e. The molecule has 1 aromatic rings. The van der Waals surface area contributed by atoms with Crippen molar-refractivity contribution in [3.05, 3.63) is 77.4 Å². The predicted molar refractivity (Wildman–Crippen MR) is 92.2 cm³/mol.